The van der Waals surface area contributed by atoms with Gasteiger partial charge >= 0.3 is 0 Å². The van der Waals surface area contributed by atoms with Gasteiger partial charge in [-0.05, 0) is 32.6 Å². The molecule has 1 atom stereocenters. The van der Waals surface area contributed by atoms with E-state index in [-0.39, 0.29) is 6.61 Å². The summed E-state index contributed by atoms with van der Waals surface area (Å²) in [5.74, 6) is 3.23. The first-order chi connectivity index (χ1) is 9.69. The Kier molecular flexibility index (Phi) is 5.17. The van der Waals surface area contributed by atoms with Crippen molar-refractivity contribution in [3.63, 3.8) is 0 Å². The van der Waals surface area contributed by atoms with E-state index < -0.39 is 0 Å². The molecule has 2 heterocycles. The Hall–Kier alpha value is -1.36. The number of aromatic nitrogens is 2. The van der Waals surface area contributed by atoms with Crippen LogP contribution in [0.2, 0.25) is 0 Å². The van der Waals surface area contributed by atoms with Crippen molar-refractivity contribution in [3.8, 4) is 0 Å². The number of aliphatic hydroxyl groups excluding tert-OH is 1. The number of anilines is 2. The summed E-state index contributed by atoms with van der Waals surface area (Å²) in [6.07, 6.45) is 3.06. The molecule has 2 N–H and O–H groups in total. The van der Waals surface area contributed by atoms with Gasteiger partial charge in [-0.25, -0.2) is 9.97 Å². The molecule has 20 heavy (non-hydrogen) atoms. The van der Waals surface area contributed by atoms with Crippen molar-refractivity contribution in [2.24, 2.45) is 5.92 Å². The maximum atomic E-state index is 9.39. The molecule has 0 aromatic carbocycles. The predicted octanol–water partition coefficient (Wildman–Crippen LogP) is 1.99. The van der Waals surface area contributed by atoms with E-state index in [0.29, 0.717) is 5.92 Å². The minimum atomic E-state index is 0.265. The first-order valence-electron chi connectivity index (χ1n) is 7.66. The molecule has 112 valence electrons. The highest BCUT2D eigenvalue weighted by Crippen LogP contribution is 2.27. The summed E-state index contributed by atoms with van der Waals surface area (Å²) in [7, 11) is 0. The molecule has 1 aromatic heterocycles. The van der Waals surface area contributed by atoms with E-state index in [1.165, 1.54) is 0 Å². The van der Waals surface area contributed by atoms with Gasteiger partial charge in [-0.3, -0.25) is 0 Å². The maximum Gasteiger partial charge on any atom is 0.137 e. The van der Waals surface area contributed by atoms with Gasteiger partial charge in [0.25, 0.3) is 0 Å². The molecule has 0 radical (unpaired) electrons. The van der Waals surface area contributed by atoms with E-state index in [0.717, 1.165) is 61.9 Å². The Bertz CT molecular complexity index is 450. The summed E-state index contributed by atoms with van der Waals surface area (Å²) in [6, 6.07) is 0. The molecule has 2 rings (SSSR count). The fraction of sp³-hybridized carbons (Fsp3) is 0.733. The second kappa shape index (κ2) is 6.88. The maximum absolute atomic E-state index is 9.39. The first kappa shape index (κ1) is 15.0. The number of nitrogens with one attached hydrogen (secondary N) is 1. The highest BCUT2D eigenvalue weighted by molar-refractivity contribution is 5.58. The van der Waals surface area contributed by atoms with Gasteiger partial charge in [0.1, 0.15) is 17.5 Å². The molecule has 5 heteroatoms. The number of hydrogen-bond donors (Lipinski definition) is 2. The Labute approximate surface area is 121 Å². The summed E-state index contributed by atoms with van der Waals surface area (Å²) in [5.41, 5.74) is 1.11. The molecule has 0 bridgehead atoms. The van der Waals surface area contributed by atoms with Crippen LogP contribution >= 0.6 is 0 Å². The third-order valence-corrected chi connectivity index (χ3v) is 3.90. The predicted molar refractivity (Wildman–Crippen MR) is 82.3 cm³/mol. The number of aliphatic hydroxyl groups is 1. The van der Waals surface area contributed by atoms with Crippen LogP contribution in [0.5, 0.6) is 0 Å². The van der Waals surface area contributed by atoms with Gasteiger partial charge in [0, 0.05) is 38.2 Å². The normalized spacial score (nSPS) is 19.2. The fourth-order valence-corrected chi connectivity index (χ4v) is 2.76. The Morgan fingerprint density at radius 1 is 1.35 bits per heavy atom. The zero-order valence-electron chi connectivity index (χ0n) is 12.8. The monoisotopic (exact) mass is 278 g/mol. The highest BCUT2D eigenvalue weighted by atomic mass is 16.3. The second-order valence-corrected chi connectivity index (χ2v) is 5.46. The van der Waals surface area contributed by atoms with Crippen LogP contribution in [0.4, 0.5) is 11.6 Å². The zero-order valence-corrected chi connectivity index (χ0v) is 12.8. The Morgan fingerprint density at radius 2 is 2.15 bits per heavy atom. The average molecular weight is 278 g/mol. The molecule has 0 amide bonds. The van der Waals surface area contributed by atoms with Crippen LogP contribution in [0.15, 0.2) is 0 Å². The molecular weight excluding hydrogens is 252 g/mol. The number of aryl methyl sites for hydroxylation is 1. The first-order valence-corrected chi connectivity index (χ1v) is 7.66. The lowest BCUT2D eigenvalue weighted by molar-refractivity contribution is 0.208. The van der Waals surface area contributed by atoms with Gasteiger partial charge in [0.2, 0.25) is 0 Å². The number of nitrogens with zero attached hydrogens (tertiary/aromatic N) is 3. The molecule has 1 unspecified atom stereocenters. The lowest BCUT2D eigenvalue weighted by atomic mass is 9.99. The Balaban J connectivity index is 2.31. The topological polar surface area (TPSA) is 61.3 Å². The van der Waals surface area contributed by atoms with Gasteiger partial charge in [0.15, 0.2) is 0 Å². The smallest absolute Gasteiger partial charge is 0.137 e. The van der Waals surface area contributed by atoms with E-state index in [2.05, 4.69) is 36.0 Å². The molecule has 5 nitrogen and oxygen atoms in total. The molecule has 1 saturated heterocycles. The molecule has 1 aromatic rings. The van der Waals surface area contributed by atoms with Gasteiger partial charge in [-0.1, -0.05) is 6.92 Å². The average Bonchev–Trinajstić information content (AvgIpc) is 2.49. The van der Waals surface area contributed by atoms with E-state index >= 15 is 0 Å². The minimum absolute atomic E-state index is 0.265. The van der Waals surface area contributed by atoms with Gasteiger partial charge in [-0.2, -0.15) is 0 Å². The summed E-state index contributed by atoms with van der Waals surface area (Å²) >= 11 is 0. The van der Waals surface area contributed by atoms with Crippen LogP contribution in [-0.4, -0.2) is 41.3 Å². The molecule has 0 aliphatic carbocycles. The quantitative estimate of drug-likeness (QED) is 0.862. The number of rotatable bonds is 5. The Morgan fingerprint density at radius 3 is 2.80 bits per heavy atom. The fourth-order valence-electron chi connectivity index (χ4n) is 2.76. The lowest BCUT2D eigenvalue weighted by Gasteiger charge is -2.34. The van der Waals surface area contributed by atoms with E-state index in [1.54, 1.807) is 0 Å². The van der Waals surface area contributed by atoms with Crippen LogP contribution in [-0.2, 0) is 6.42 Å². The molecule has 0 saturated carbocycles. The third-order valence-electron chi connectivity index (χ3n) is 3.90. The lowest BCUT2D eigenvalue weighted by Crippen LogP contribution is -2.38. The van der Waals surface area contributed by atoms with Gasteiger partial charge in [0.05, 0.1) is 0 Å². The zero-order chi connectivity index (χ0) is 14.5. The summed E-state index contributed by atoms with van der Waals surface area (Å²) < 4.78 is 0. The van der Waals surface area contributed by atoms with Crippen LogP contribution in [0.25, 0.3) is 0 Å². The van der Waals surface area contributed by atoms with Crippen molar-refractivity contribution < 1.29 is 5.11 Å². The van der Waals surface area contributed by atoms with Crippen LogP contribution < -0.4 is 10.2 Å². The standard InChI is InChI=1S/C15H26N4O/c1-4-13-17-14(16-5-2)11(3)15(18-13)19-8-6-7-12(9-19)10-20/h12,20H,4-10H2,1-3H3,(H,16,17,18). The van der Waals surface area contributed by atoms with Crippen LogP contribution in [0.1, 0.15) is 38.1 Å². The number of piperidine rings is 1. The molecular formula is C15H26N4O. The van der Waals surface area contributed by atoms with E-state index in [9.17, 15) is 5.11 Å². The van der Waals surface area contributed by atoms with Crippen LogP contribution in [0.3, 0.4) is 0 Å². The van der Waals surface area contributed by atoms with Crippen molar-refractivity contribution in [1.29, 1.82) is 0 Å². The largest absolute Gasteiger partial charge is 0.396 e. The van der Waals surface area contributed by atoms with Gasteiger partial charge in [-0.15, -0.1) is 0 Å². The third kappa shape index (κ3) is 3.20. The van der Waals surface area contributed by atoms with Crippen molar-refractivity contribution in [3.05, 3.63) is 11.4 Å². The van der Waals surface area contributed by atoms with E-state index in [1.807, 2.05) is 0 Å². The van der Waals surface area contributed by atoms with Crippen molar-refractivity contribution >= 4 is 11.6 Å². The summed E-state index contributed by atoms with van der Waals surface area (Å²) in [6.45, 7) is 9.27. The summed E-state index contributed by atoms with van der Waals surface area (Å²) in [4.78, 5) is 11.6. The molecule has 1 aliphatic rings. The minimum Gasteiger partial charge on any atom is -0.396 e. The van der Waals surface area contributed by atoms with Crippen molar-refractivity contribution in [2.45, 2.75) is 40.0 Å². The molecule has 0 spiro atoms. The highest BCUT2D eigenvalue weighted by Gasteiger charge is 2.23. The SMILES string of the molecule is CCNc1nc(CC)nc(N2CCCC(CO)C2)c1C. The van der Waals surface area contributed by atoms with Gasteiger partial charge < -0.3 is 15.3 Å². The molecule has 1 aliphatic heterocycles. The van der Waals surface area contributed by atoms with Crippen LogP contribution in [0, 0.1) is 12.8 Å². The second-order valence-electron chi connectivity index (χ2n) is 5.46. The van der Waals surface area contributed by atoms with E-state index in [4.69, 9.17) is 4.98 Å². The molecule has 1 fully saturated rings. The van der Waals surface area contributed by atoms with Crippen molar-refractivity contribution in [2.75, 3.05) is 36.5 Å². The van der Waals surface area contributed by atoms with Crippen molar-refractivity contribution in [1.82, 2.24) is 9.97 Å². The number of hydrogen-bond acceptors (Lipinski definition) is 5. The summed E-state index contributed by atoms with van der Waals surface area (Å²) in [5, 5.41) is 12.7.